The third kappa shape index (κ3) is 1.81. The van der Waals surface area contributed by atoms with E-state index in [2.05, 4.69) is 9.72 Å². The fourth-order valence-corrected chi connectivity index (χ4v) is 1.10. The molecule has 0 aliphatic carbocycles. The average Bonchev–Trinajstić information content (AvgIpc) is 2.61. The summed E-state index contributed by atoms with van der Waals surface area (Å²) in [6.07, 6.45) is 2.94. The maximum atomic E-state index is 11.7. The number of rotatable bonds is 3. The van der Waals surface area contributed by atoms with E-state index in [1.807, 2.05) is 0 Å². The number of Topliss-reactive ketones (excluding diaryl/α,β-unsaturated/α-hetero) is 1. The lowest BCUT2D eigenvalue weighted by molar-refractivity contribution is -0.143. The topological polar surface area (TPSA) is 61.2 Å². The third-order valence-electron chi connectivity index (χ3n) is 2.02. The number of methoxy groups -OCH3 is 1. The lowest BCUT2D eigenvalue weighted by Gasteiger charge is -2.07. The normalized spacial score (nSPS) is 12.2. The van der Waals surface area contributed by atoms with Crippen LogP contribution in [0.4, 0.5) is 0 Å². The minimum atomic E-state index is -0.782. The minimum absolute atomic E-state index is 0.281. The van der Waals surface area contributed by atoms with Crippen LogP contribution in [0.15, 0.2) is 12.5 Å². The number of carbonyl (C=O) groups is 2. The molecule has 0 radical (unpaired) electrons. The van der Waals surface area contributed by atoms with Crippen molar-refractivity contribution in [1.29, 1.82) is 0 Å². The fraction of sp³-hybridized carbons (Fsp3) is 0.444. The monoisotopic (exact) mass is 196 g/mol. The molecule has 0 aromatic carbocycles. The van der Waals surface area contributed by atoms with Crippen molar-refractivity contribution < 1.29 is 14.3 Å². The van der Waals surface area contributed by atoms with Crippen LogP contribution in [0.5, 0.6) is 0 Å². The van der Waals surface area contributed by atoms with E-state index >= 15 is 0 Å². The Morgan fingerprint density at radius 1 is 1.57 bits per heavy atom. The van der Waals surface area contributed by atoms with Crippen LogP contribution in [0.2, 0.25) is 0 Å². The summed E-state index contributed by atoms with van der Waals surface area (Å²) in [5, 5.41) is 0. The first-order valence-corrected chi connectivity index (χ1v) is 4.16. The molecule has 0 aliphatic heterocycles. The molecule has 0 saturated carbocycles. The fourth-order valence-electron chi connectivity index (χ4n) is 1.10. The summed E-state index contributed by atoms with van der Waals surface area (Å²) in [5.41, 5.74) is 0.405. The number of aryl methyl sites for hydroxylation is 1. The average molecular weight is 196 g/mol. The van der Waals surface area contributed by atoms with Crippen LogP contribution in [-0.2, 0) is 16.6 Å². The van der Waals surface area contributed by atoms with Gasteiger partial charge in [-0.3, -0.25) is 9.59 Å². The number of imidazole rings is 1. The van der Waals surface area contributed by atoms with Crippen molar-refractivity contribution >= 4 is 11.8 Å². The zero-order chi connectivity index (χ0) is 10.7. The molecule has 0 N–H and O–H groups in total. The van der Waals surface area contributed by atoms with Gasteiger partial charge in [0, 0.05) is 7.05 Å². The SMILES string of the molecule is COC(=O)C(C)C(=O)c1cncn1C. The van der Waals surface area contributed by atoms with Crippen LogP contribution in [0, 0.1) is 5.92 Å². The molecule has 0 saturated heterocycles. The van der Waals surface area contributed by atoms with Crippen LogP contribution in [0.1, 0.15) is 17.4 Å². The molecular weight excluding hydrogens is 184 g/mol. The smallest absolute Gasteiger partial charge is 0.316 e. The second-order valence-electron chi connectivity index (χ2n) is 3.00. The van der Waals surface area contributed by atoms with Crippen molar-refractivity contribution in [2.75, 3.05) is 7.11 Å². The minimum Gasteiger partial charge on any atom is -0.468 e. The summed E-state index contributed by atoms with van der Waals surface area (Å²) in [4.78, 5) is 26.6. The number of carbonyl (C=O) groups excluding carboxylic acids is 2. The summed E-state index contributed by atoms with van der Waals surface area (Å²) in [7, 11) is 2.96. The highest BCUT2D eigenvalue weighted by Crippen LogP contribution is 2.08. The molecule has 0 amide bonds. The second kappa shape index (κ2) is 4.04. The van der Waals surface area contributed by atoms with E-state index in [4.69, 9.17) is 0 Å². The second-order valence-corrected chi connectivity index (χ2v) is 3.00. The molecule has 1 aromatic rings. The van der Waals surface area contributed by atoms with Gasteiger partial charge in [-0.15, -0.1) is 0 Å². The van der Waals surface area contributed by atoms with Crippen molar-refractivity contribution in [3.05, 3.63) is 18.2 Å². The Balaban J connectivity index is 2.86. The number of aromatic nitrogens is 2. The number of hydrogen-bond donors (Lipinski definition) is 0. The van der Waals surface area contributed by atoms with E-state index in [0.717, 1.165) is 0 Å². The van der Waals surface area contributed by atoms with Crippen molar-refractivity contribution in [2.24, 2.45) is 13.0 Å². The van der Waals surface area contributed by atoms with Gasteiger partial charge in [-0.1, -0.05) is 0 Å². The number of nitrogens with zero attached hydrogens (tertiary/aromatic N) is 2. The van der Waals surface area contributed by atoms with Crippen LogP contribution in [0.3, 0.4) is 0 Å². The predicted octanol–water partition coefficient (Wildman–Crippen LogP) is 0.412. The Morgan fingerprint density at radius 2 is 2.21 bits per heavy atom. The highest BCUT2D eigenvalue weighted by atomic mass is 16.5. The Kier molecular flexibility index (Phi) is 3.01. The molecule has 1 heterocycles. The summed E-state index contributed by atoms with van der Waals surface area (Å²) >= 11 is 0. The van der Waals surface area contributed by atoms with E-state index in [0.29, 0.717) is 5.69 Å². The number of esters is 1. The highest BCUT2D eigenvalue weighted by molar-refractivity contribution is 6.07. The van der Waals surface area contributed by atoms with Gasteiger partial charge in [-0.05, 0) is 6.92 Å². The van der Waals surface area contributed by atoms with Gasteiger partial charge < -0.3 is 9.30 Å². The van der Waals surface area contributed by atoms with Gasteiger partial charge in [-0.25, -0.2) is 4.98 Å². The first-order valence-electron chi connectivity index (χ1n) is 4.16. The van der Waals surface area contributed by atoms with Gasteiger partial charge in [0.2, 0.25) is 0 Å². The molecule has 14 heavy (non-hydrogen) atoms. The Morgan fingerprint density at radius 3 is 2.64 bits per heavy atom. The first kappa shape index (κ1) is 10.4. The van der Waals surface area contributed by atoms with Gasteiger partial charge in [0.1, 0.15) is 11.6 Å². The van der Waals surface area contributed by atoms with Crippen molar-refractivity contribution in [3.63, 3.8) is 0 Å². The summed E-state index contributed by atoms with van der Waals surface area (Å²) in [6.45, 7) is 1.52. The van der Waals surface area contributed by atoms with E-state index in [1.165, 1.54) is 26.6 Å². The van der Waals surface area contributed by atoms with Gasteiger partial charge >= 0.3 is 5.97 Å². The molecule has 1 aromatic heterocycles. The van der Waals surface area contributed by atoms with Gasteiger partial charge in [0.15, 0.2) is 5.78 Å². The zero-order valence-corrected chi connectivity index (χ0v) is 8.35. The lowest BCUT2D eigenvalue weighted by atomic mass is 10.0. The molecule has 5 nitrogen and oxygen atoms in total. The predicted molar refractivity (Wildman–Crippen MR) is 48.7 cm³/mol. The molecule has 5 heteroatoms. The quantitative estimate of drug-likeness (QED) is 0.399. The number of ketones is 1. The van der Waals surface area contributed by atoms with Crippen molar-refractivity contribution in [1.82, 2.24) is 9.55 Å². The van der Waals surface area contributed by atoms with E-state index in [1.54, 1.807) is 11.6 Å². The van der Waals surface area contributed by atoms with Gasteiger partial charge in [0.05, 0.1) is 19.6 Å². The molecule has 1 unspecified atom stereocenters. The molecule has 76 valence electrons. The van der Waals surface area contributed by atoms with E-state index < -0.39 is 11.9 Å². The Hall–Kier alpha value is -1.65. The summed E-state index contributed by atoms with van der Waals surface area (Å²) in [5.74, 6) is -1.59. The number of hydrogen-bond acceptors (Lipinski definition) is 4. The van der Waals surface area contributed by atoms with Crippen LogP contribution in [0.25, 0.3) is 0 Å². The highest BCUT2D eigenvalue weighted by Gasteiger charge is 2.25. The molecule has 1 rings (SSSR count). The van der Waals surface area contributed by atoms with Crippen LogP contribution < -0.4 is 0 Å². The summed E-state index contributed by atoms with van der Waals surface area (Å²) in [6, 6.07) is 0. The standard InChI is InChI=1S/C9H12N2O3/c1-6(9(13)14-3)8(12)7-4-10-5-11(7)2/h4-6H,1-3H3. The molecule has 0 fully saturated rings. The maximum absolute atomic E-state index is 11.7. The lowest BCUT2D eigenvalue weighted by Crippen LogP contribution is -2.23. The molecular formula is C9H12N2O3. The Labute approximate surface area is 81.7 Å². The largest absolute Gasteiger partial charge is 0.468 e. The van der Waals surface area contributed by atoms with Crippen molar-refractivity contribution in [2.45, 2.75) is 6.92 Å². The maximum Gasteiger partial charge on any atom is 0.316 e. The summed E-state index contributed by atoms with van der Waals surface area (Å²) < 4.78 is 6.05. The molecule has 0 bridgehead atoms. The first-order chi connectivity index (χ1) is 6.57. The molecule has 1 atom stereocenters. The Bertz CT molecular complexity index is 357. The van der Waals surface area contributed by atoms with E-state index in [-0.39, 0.29) is 5.78 Å². The van der Waals surface area contributed by atoms with Gasteiger partial charge in [-0.2, -0.15) is 0 Å². The molecule has 0 spiro atoms. The van der Waals surface area contributed by atoms with E-state index in [9.17, 15) is 9.59 Å². The van der Waals surface area contributed by atoms with Gasteiger partial charge in [0.25, 0.3) is 0 Å². The number of ether oxygens (including phenoxy) is 1. The molecule has 0 aliphatic rings. The van der Waals surface area contributed by atoms with Crippen LogP contribution in [-0.4, -0.2) is 28.4 Å². The van der Waals surface area contributed by atoms with Crippen LogP contribution >= 0.6 is 0 Å². The zero-order valence-electron chi connectivity index (χ0n) is 8.35. The van der Waals surface area contributed by atoms with Crippen molar-refractivity contribution in [3.8, 4) is 0 Å². The third-order valence-corrected chi connectivity index (χ3v) is 2.02.